The summed E-state index contributed by atoms with van der Waals surface area (Å²) in [6.07, 6.45) is 4.07. The monoisotopic (exact) mass is 714 g/mol. The normalized spacial score (nSPS) is 13.7. The van der Waals surface area contributed by atoms with Gasteiger partial charge in [-0.25, -0.2) is 0 Å². The third-order valence-electron chi connectivity index (χ3n) is 8.41. The maximum absolute atomic E-state index is 13.6. The smallest absolute Gasteiger partial charge is 0.272 e. The van der Waals surface area contributed by atoms with Crippen LogP contribution in [0.25, 0.3) is 6.08 Å². The second-order valence-electron chi connectivity index (χ2n) is 11.8. The van der Waals surface area contributed by atoms with E-state index in [0.29, 0.717) is 39.0 Å². The minimum Gasteiger partial charge on any atom is -0.508 e. The van der Waals surface area contributed by atoms with Gasteiger partial charge in [0.25, 0.3) is 11.8 Å². The Morgan fingerprint density at radius 3 is 2.49 bits per heavy atom. The summed E-state index contributed by atoms with van der Waals surface area (Å²) in [5.74, 6) is -0.521. The van der Waals surface area contributed by atoms with Crippen molar-refractivity contribution < 1.29 is 24.2 Å². The van der Waals surface area contributed by atoms with E-state index in [9.17, 15) is 24.8 Å². The van der Waals surface area contributed by atoms with Gasteiger partial charge in [-0.2, -0.15) is 5.26 Å². The van der Waals surface area contributed by atoms with E-state index in [2.05, 4.69) is 34.2 Å². The topological polar surface area (TPSA) is 141 Å². The molecule has 9 nitrogen and oxygen atoms in total. The third-order valence-corrected chi connectivity index (χ3v) is 10.6. The number of phenolic OH excluding ortho intramolecular Hbond substituents is 1. The molecule has 0 bridgehead atoms. The van der Waals surface area contributed by atoms with Gasteiger partial charge >= 0.3 is 0 Å². The van der Waals surface area contributed by atoms with Crippen molar-refractivity contribution in [3.63, 3.8) is 0 Å². The zero-order valence-electron chi connectivity index (χ0n) is 27.6. The van der Waals surface area contributed by atoms with Gasteiger partial charge in [0, 0.05) is 32.7 Å². The second kappa shape index (κ2) is 16.3. The van der Waals surface area contributed by atoms with Crippen molar-refractivity contribution in [3.05, 3.63) is 142 Å². The molecule has 1 aromatic heterocycles. The number of thioether (sulfide) groups is 1. The maximum Gasteiger partial charge on any atom is 0.272 e. The third kappa shape index (κ3) is 8.67. The number of thiophene rings is 1. The van der Waals surface area contributed by atoms with Gasteiger partial charge < -0.3 is 25.8 Å². The number of methoxy groups -OCH3 is 1. The summed E-state index contributed by atoms with van der Waals surface area (Å²) in [4.78, 5) is 41.6. The fourth-order valence-electron chi connectivity index (χ4n) is 5.89. The number of nitriles is 1. The molecule has 4 aromatic carbocycles. The van der Waals surface area contributed by atoms with Crippen molar-refractivity contribution in [1.82, 2.24) is 5.32 Å². The molecular weight excluding hydrogens is 681 g/mol. The van der Waals surface area contributed by atoms with Crippen LogP contribution in [0.3, 0.4) is 0 Å². The Balaban J connectivity index is 1.12. The zero-order chi connectivity index (χ0) is 35.7. The Bertz CT molecular complexity index is 2140. The molecule has 256 valence electrons. The number of nitrogens with one attached hydrogen (secondary N) is 3. The number of carbonyl (C=O) groups excluding carboxylic acids is 3. The van der Waals surface area contributed by atoms with Gasteiger partial charge in [0.15, 0.2) is 0 Å². The number of nitrogens with zero attached hydrogens (tertiary/aromatic N) is 1. The fraction of sp³-hybridized carbons (Fsp3) is 0.150. The summed E-state index contributed by atoms with van der Waals surface area (Å²) >= 11 is 2.78. The van der Waals surface area contributed by atoms with E-state index in [1.165, 1.54) is 54.0 Å². The van der Waals surface area contributed by atoms with Crippen LogP contribution in [0.4, 0.5) is 10.7 Å². The number of benzene rings is 4. The lowest BCUT2D eigenvalue weighted by molar-refractivity contribution is -0.114. The lowest BCUT2D eigenvalue weighted by Crippen LogP contribution is -2.30. The van der Waals surface area contributed by atoms with Crippen molar-refractivity contribution in [3.8, 4) is 17.6 Å². The molecule has 1 aliphatic carbocycles. The zero-order valence-corrected chi connectivity index (χ0v) is 29.3. The van der Waals surface area contributed by atoms with Crippen LogP contribution in [0.1, 0.15) is 49.8 Å². The minimum absolute atomic E-state index is 0.0108. The van der Waals surface area contributed by atoms with Crippen molar-refractivity contribution >= 4 is 57.6 Å². The summed E-state index contributed by atoms with van der Waals surface area (Å²) < 4.78 is 5.37. The molecule has 0 aliphatic heterocycles. The Morgan fingerprint density at radius 2 is 1.75 bits per heavy atom. The van der Waals surface area contributed by atoms with Crippen LogP contribution >= 0.6 is 23.1 Å². The molecule has 1 unspecified atom stereocenters. The number of fused-ring (bicyclic) bond motifs is 1. The highest BCUT2D eigenvalue weighted by Crippen LogP contribution is 2.42. The standard InChI is InChI=1S/C40H34N4O5S2/c1-49-35-22-30(45)17-15-28(35)19-34(43-38(47)26-11-6-3-7-12-26)39(48)42-29-13-8-14-31(21-29)50-24-37(46)44-40-33(23-41)32-18-16-27(20-36(32)51-40)25-9-4-2-5-10-25/h2-15,17,19,21-22,27,45H,16,18,20,24H2,1H3,(H,42,48)(H,43,47)(H,44,46)/b34-19+. The fourth-order valence-corrected chi connectivity index (χ4v) is 7.94. The number of hydrogen-bond acceptors (Lipinski definition) is 8. The van der Waals surface area contributed by atoms with Crippen LogP contribution in [0, 0.1) is 11.3 Å². The highest BCUT2D eigenvalue weighted by molar-refractivity contribution is 8.00. The van der Waals surface area contributed by atoms with Gasteiger partial charge in [0.05, 0.1) is 18.4 Å². The lowest BCUT2D eigenvalue weighted by atomic mass is 9.83. The number of phenols is 1. The van der Waals surface area contributed by atoms with E-state index in [4.69, 9.17) is 4.74 Å². The van der Waals surface area contributed by atoms with Gasteiger partial charge in [-0.1, -0.05) is 54.6 Å². The second-order valence-corrected chi connectivity index (χ2v) is 13.9. The van der Waals surface area contributed by atoms with E-state index < -0.39 is 11.8 Å². The van der Waals surface area contributed by atoms with Crippen LogP contribution in [-0.2, 0) is 22.4 Å². The lowest BCUT2D eigenvalue weighted by Gasteiger charge is -2.22. The molecule has 0 saturated carbocycles. The van der Waals surface area contributed by atoms with Gasteiger partial charge in [-0.05, 0) is 84.8 Å². The van der Waals surface area contributed by atoms with Crippen molar-refractivity contribution in [1.29, 1.82) is 5.26 Å². The summed E-state index contributed by atoms with van der Waals surface area (Å²) in [5, 5.41) is 28.9. The maximum atomic E-state index is 13.6. The molecule has 1 atom stereocenters. The first-order valence-electron chi connectivity index (χ1n) is 16.2. The molecule has 5 aromatic rings. The highest BCUT2D eigenvalue weighted by atomic mass is 32.2. The first kappa shape index (κ1) is 35.0. The number of rotatable bonds is 11. The van der Waals surface area contributed by atoms with Crippen molar-refractivity contribution in [2.75, 3.05) is 23.5 Å². The van der Waals surface area contributed by atoms with E-state index >= 15 is 0 Å². The van der Waals surface area contributed by atoms with Crippen LogP contribution in [0.2, 0.25) is 0 Å². The van der Waals surface area contributed by atoms with Crippen molar-refractivity contribution in [2.24, 2.45) is 0 Å². The molecule has 3 amide bonds. The first-order valence-corrected chi connectivity index (χ1v) is 18.0. The summed E-state index contributed by atoms with van der Waals surface area (Å²) in [6, 6.07) is 32.7. The van der Waals surface area contributed by atoms with Crippen molar-refractivity contribution in [2.45, 2.75) is 30.1 Å². The SMILES string of the molecule is COc1cc(O)ccc1/C=C(/NC(=O)c1ccccc1)C(=O)Nc1cccc(SCC(=O)Nc2sc3c(c2C#N)CCC(c2ccccc2)C3)c1. The Morgan fingerprint density at radius 1 is 0.980 bits per heavy atom. The quantitative estimate of drug-likeness (QED) is 0.0810. The number of aromatic hydroxyl groups is 1. The number of hydrogen-bond donors (Lipinski definition) is 4. The summed E-state index contributed by atoms with van der Waals surface area (Å²) in [7, 11) is 1.44. The van der Waals surface area contributed by atoms with Gasteiger partial charge in [0.2, 0.25) is 5.91 Å². The average Bonchev–Trinajstić information content (AvgIpc) is 3.51. The molecule has 0 spiro atoms. The molecular formula is C40H34N4O5S2. The first-order chi connectivity index (χ1) is 24.8. The number of amides is 3. The molecule has 1 heterocycles. The Kier molecular flexibility index (Phi) is 11.2. The predicted octanol–water partition coefficient (Wildman–Crippen LogP) is 7.75. The van der Waals surface area contributed by atoms with Gasteiger partial charge in [0.1, 0.15) is 28.3 Å². The molecule has 0 saturated heterocycles. The predicted molar refractivity (Wildman–Crippen MR) is 201 cm³/mol. The Labute approximate surface area is 304 Å². The van der Waals surface area contributed by atoms with E-state index in [1.54, 1.807) is 54.6 Å². The molecule has 11 heteroatoms. The molecule has 0 radical (unpaired) electrons. The average molecular weight is 715 g/mol. The number of anilines is 2. The summed E-state index contributed by atoms with van der Waals surface area (Å²) in [5.41, 5.74) is 4.12. The highest BCUT2D eigenvalue weighted by Gasteiger charge is 2.27. The molecule has 51 heavy (non-hydrogen) atoms. The number of ether oxygens (including phenoxy) is 1. The van der Waals surface area contributed by atoms with E-state index in [0.717, 1.165) is 34.6 Å². The largest absolute Gasteiger partial charge is 0.508 e. The van der Waals surface area contributed by atoms with Crippen LogP contribution in [-0.4, -0.2) is 35.7 Å². The molecule has 6 rings (SSSR count). The van der Waals surface area contributed by atoms with E-state index in [-0.39, 0.29) is 23.1 Å². The van der Waals surface area contributed by atoms with E-state index in [1.807, 2.05) is 24.3 Å². The van der Waals surface area contributed by atoms with Gasteiger partial charge in [-0.3, -0.25) is 14.4 Å². The number of carbonyl (C=O) groups is 3. The molecule has 0 fully saturated rings. The van der Waals surface area contributed by atoms with Gasteiger partial charge in [-0.15, -0.1) is 23.1 Å². The van der Waals surface area contributed by atoms with Crippen LogP contribution in [0.5, 0.6) is 11.5 Å². The molecule has 1 aliphatic rings. The minimum atomic E-state index is -0.588. The molecule has 4 N–H and O–H groups in total. The summed E-state index contributed by atoms with van der Waals surface area (Å²) in [6.45, 7) is 0. The van der Waals surface area contributed by atoms with Crippen LogP contribution in [0.15, 0.2) is 114 Å². The Hall–Kier alpha value is -5.83. The van der Waals surface area contributed by atoms with Crippen LogP contribution < -0.4 is 20.7 Å².